The molecule has 0 amide bonds. The first-order valence-electron chi connectivity index (χ1n) is 6.68. The molecule has 110 valence electrons. The lowest BCUT2D eigenvalue weighted by molar-refractivity contribution is 0.0468. The standard InChI is InChI=1S/C17H13NO4/c18-13-6-7-15-12(8-13)9-14(17(20)22-15)16(19)21-10-11-4-2-1-3-5-11/h1-9H,10,18H2. The molecule has 0 saturated carbocycles. The zero-order valence-corrected chi connectivity index (χ0v) is 11.6. The smallest absolute Gasteiger partial charge is 0.351 e. The number of fused-ring (bicyclic) bond motifs is 1. The summed E-state index contributed by atoms with van der Waals surface area (Å²) in [5.74, 6) is -0.720. The molecular formula is C17H13NO4. The second-order valence-electron chi connectivity index (χ2n) is 4.81. The Morgan fingerprint density at radius 2 is 1.86 bits per heavy atom. The van der Waals surface area contributed by atoms with E-state index in [9.17, 15) is 9.59 Å². The second-order valence-corrected chi connectivity index (χ2v) is 4.81. The van der Waals surface area contributed by atoms with E-state index in [0.29, 0.717) is 16.7 Å². The van der Waals surface area contributed by atoms with Gasteiger partial charge in [0.15, 0.2) is 0 Å². The van der Waals surface area contributed by atoms with Crippen molar-refractivity contribution in [1.82, 2.24) is 0 Å². The van der Waals surface area contributed by atoms with Crippen molar-refractivity contribution in [1.29, 1.82) is 0 Å². The van der Waals surface area contributed by atoms with Crippen molar-refractivity contribution >= 4 is 22.6 Å². The fraction of sp³-hybridized carbons (Fsp3) is 0.0588. The molecule has 1 heterocycles. The van der Waals surface area contributed by atoms with Crippen LogP contribution in [0.4, 0.5) is 5.69 Å². The van der Waals surface area contributed by atoms with E-state index in [1.54, 1.807) is 18.2 Å². The maximum atomic E-state index is 12.1. The van der Waals surface area contributed by atoms with Crippen LogP contribution in [-0.4, -0.2) is 5.97 Å². The Kier molecular flexibility index (Phi) is 3.62. The van der Waals surface area contributed by atoms with E-state index in [4.69, 9.17) is 14.9 Å². The molecule has 0 aliphatic carbocycles. The summed E-state index contributed by atoms with van der Waals surface area (Å²) in [7, 11) is 0. The summed E-state index contributed by atoms with van der Waals surface area (Å²) in [5.41, 5.74) is 6.55. The summed E-state index contributed by atoms with van der Waals surface area (Å²) < 4.78 is 10.3. The molecule has 0 saturated heterocycles. The summed E-state index contributed by atoms with van der Waals surface area (Å²) in [4.78, 5) is 23.9. The van der Waals surface area contributed by atoms with Crippen LogP contribution in [0, 0.1) is 0 Å². The number of carbonyl (C=O) groups is 1. The lowest BCUT2D eigenvalue weighted by Crippen LogP contribution is -2.16. The number of nitrogen functional groups attached to an aromatic ring is 1. The highest BCUT2D eigenvalue weighted by molar-refractivity contribution is 5.93. The molecule has 22 heavy (non-hydrogen) atoms. The molecule has 0 radical (unpaired) electrons. The summed E-state index contributed by atoms with van der Waals surface area (Å²) in [6.07, 6.45) is 0. The van der Waals surface area contributed by atoms with Crippen LogP contribution in [0.15, 0.2) is 63.8 Å². The van der Waals surface area contributed by atoms with Gasteiger partial charge in [-0.3, -0.25) is 0 Å². The van der Waals surface area contributed by atoms with Crippen molar-refractivity contribution in [2.24, 2.45) is 0 Å². The topological polar surface area (TPSA) is 82.5 Å². The highest BCUT2D eigenvalue weighted by atomic mass is 16.5. The number of nitrogens with two attached hydrogens (primary N) is 1. The van der Waals surface area contributed by atoms with E-state index in [-0.39, 0.29) is 12.2 Å². The minimum absolute atomic E-state index is 0.0913. The van der Waals surface area contributed by atoms with Crippen LogP contribution in [0.1, 0.15) is 15.9 Å². The highest BCUT2D eigenvalue weighted by Crippen LogP contribution is 2.17. The lowest BCUT2D eigenvalue weighted by atomic mass is 10.1. The molecule has 3 aromatic rings. The van der Waals surface area contributed by atoms with Crippen molar-refractivity contribution in [2.45, 2.75) is 6.61 Å². The molecule has 0 aliphatic rings. The molecule has 1 aromatic heterocycles. The summed E-state index contributed by atoms with van der Waals surface area (Å²) in [6.45, 7) is 0.0913. The molecule has 0 atom stereocenters. The zero-order chi connectivity index (χ0) is 15.5. The summed E-state index contributed by atoms with van der Waals surface area (Å²) >= 11 is 0. The molecule has 2 N–H and O–H groups in total. The first-order chi connectivity index (χ1) is 10.6. The van der Waals surface area contributed by atoms with Gasteiger partial charge in [-0.2, -0.15) is 0 Å². The normalized spacial score (nSPS) is 10.5. The molecule has 5 nitrogen and oxygen atoms in total. The van der Waals surface area contributed by atoms with E-state index < -0.39 is 11.6 Å². The lowest BCUT2D eigenvalue weighted by Gasteiger charge is -2.05. The van der Waals surface area contributed by atoms with Gasteiger partial charge < -0.3 is 14.9 Å². The maximum absolute atomic E-state index is 12.1. The number of esters is 1. The number of benzene rings is 2. The van der Waals surface area contributed by atoms with Gasteiger partial charge in [-0.1, -0.05) is 30.3 Å². The minimum atomic E-state index is -0.727. The van der Waals surface area contributed by atoms with Gasteiger partial charge in [0, 0.05) is 11.1 Å². The van der Waals surface area contributed by atoms with Crippen LogP contribution < -0.4 is 11.4 Å². The largest absolute Gasteiger partial charge is 0.457 e. The van der Waals surface area contributed by atoms with Crippen LogP contribution in [0.25, 0.3) is 11.0 Å². The van der Waals surface area contributed by atoms with Gasteiger partial charge in [0.05, 0.1) is 0 Å². The van der Waals surface area contributed by atoms with Crippen molar-refractivity contribution in [2.75, 3.05) is 5.73 Å². The SMILES string of the molecule is Nc1ccc2oc(=O)c(C(=O)OCc3ccccc3)cc2c1. The van der Waals surface area contributed by atoms with E-state index in [1.807, 2.05) is 30.3 Å². The molecule has 0 spiro atoms. The Morgan fingerprint density at radius 3 is 2.64 bits per heavy atom. The zero-order valence-electron chi connectivity index (χ0n) is 11.6. The molecule has 0 bridgehead atoms. The number of hydrogen-bond acceptors (Lipinski definition) is 5. The fourth-order valence-corrected chi connectivity index (χ4v) is 2.09. The van der Waals surface area contributed by atoms with Crippen molar-refractivity contribution in [3.8, 4) is 0 Å². The number of hydrogen-bond donors (Lipinski definition) is 1. The predicted octanol–water partition coefficient (Wildman–Crippen LogP) is 2.73. The van der Waals surface area contributed by atoms with Crippen LogP contribution in [-0.2, 0) is 11.3 Å². The van der Waals surface area contributed by atoms with Gasteiger partial charge in [0.25, 0.3) is 0 Å². The minimum Gasteiger partial charge on any atom is -0.457 e. The first kappa shape index (κ1) is 13.9. The average molecular weight is 295 g/mol. The van der Waals surface area contributed by atoms with Gasteiger partial charge in [0.2, 0.25) is 0 Å². The number of carbonyl (C=O) groups excluding carboxylic acids is 1. The Morgan fingerprint density at radius 1 is 1.09 bits per heavy atom. The molecular weight excluding hydrogens is 282 g/mol. The van der Waals surface area contributed by atoms with Crippen molar-refractivity contribution < 1.29 is 13.9 Å². The van der Waals surface area contributed by atoms with E-state index in [2.05, 4.69) is 0 Å². The van der Waals surface area contributed by atoms with Crippen molar-refractivity contribution in [3.63, 3.8) is 0 Å². The van der Waals surface area contributed by atoms with Crippen LogP contribution in [0.2, 0.25) is 0 Å². The van der Waals surface area contributed by atoms with E-state index in [0.717, 1.165) is 5.56 Å². The van der Waals surface area contributed by atoms with Gasteiger partial charge in [-0.15, -0.1) is 0 Å². The molecule has 0 fully saturated rings. The third kappa shape index (κ3) is 2.83. The average Bonchev–Trinajstić information content (AvgIpc) is 2.53. The Bertz CT molecular complexity index is 884. The highest BCUT2D eigenvalue weighted by Gasteiger charge is 2.15. The molecule has 2 aromatic carbocycles. The summed E-state index contributed by atoms with van der Waals surface area (Å²) in [5, 5.41) is 0.575. The Labute approximate surface area is 125 Å². The van der Waals surface area contributed by atoms with Crippen LogP contribution in [0.3, 0.4) is 0 Å². The Balaban J connectivity index is 1.87. The van der Waals surface area contributed by atoms with Gasteiger partial charge >= 0.3 is 11.6 Å². The molecule has 3 rings (SSSR count). The van der Waals surface area contributed by atoms with E-state index in [1.165, 1.54) is 6.07 Å². The molecule has 0 aliphatic heterocycles. The maximum Gasteiger partial charge on any atom is 0.351 e. The Hall–Kier alpha value is -3.08. The fourth-order valence-electron chi connectivity index (χ4n) is 2.09. The summed E-state index contributed by atoms with van der Waals surface area (Å²) in [6, 6.07) is 15.5. The number of rotatable bonds is 3. The van der Waals surface area contributed by atoms with Crippen LogP contribution >= 0.6 is 0 Å². The monoisotopic (exact) mass is 295 g/mol. The predicted molar refractivity (Wildman–Crippen MR) is 82.5 cm³/mol. The van der Waals surface area contributed by atoms with Gasteiger partial charge in [-0.05, 0) is 29.8 Å². The second kappa shape index (κ2) is 5.73. The third-order valence-electron chi connectivity index (χ3n) is 3.19. The number of ether oxygens (including phenoxy) is 1. The van der Waals surface area contributed by atoms with Gasteiger partial charge in [0.1, 0.15) is 17.8 Å². The van der Waals surface area contributed by atoms with Gasteiger partial charge in [-0.25, -0.2) is 9.59 Å². The molecule has 5 heteroatoms. The van der Waals surface area contributed by atoms with Crippen LogP contribution in [0.5, 0.6) is 0 Å². The third-order valence-corrected chi connectivity index (χ3v) is 3.19. The quantitative estimate of drug-likeness (QED) is 0.456. The molecule has 0 unspecified atom stereocenters. The van der Waals surface area contributed by atoms with E-state index >= 15 is 0 Å². The van der Waals surface area contributed by atoms with Crippen molar-refractivity contribution in [3.05, 3.63) is 76.1 Å². The first-order valence-corrected chi connectivity index (χ1v) is 6.68. The number of anilines is 1.